The Morgan fingerprint density at radius 2 is 2.05 bits per heavy atom. The van der Waals surface area contributed by atoms with Gasteiger partial charge in [-0.3, -0.25) is 4.79 Å². The van der Waals surface area contributed by atoms with E-state index in [1.54, 1.807) is 18.2 Å². The van der Waals surface area contributed by atoms with Gasteiger partial charge in [0.1, 0.15) is 12.0 Å². The van der Waals surface area contributed by atoms with Crippen LogP contribution in [0.25, 0.3) is 0 Å². The lowest BCUT2D eigenvalue weighted by molar-refractivity contribution is 0.112. The summed E-state index contributed by atoms with van der Waals surface area (Å²) in [4.78, 5) is 15.0. The highest BCUT2D eigenvalue weighted by Crippen LogP contribution is 2.28. The highest BCUT2D eigenvalue weighted by molar-refractivity contribution is 5.76. The second-order valence-corrected chi connectivity index (χ2v) is 4.29. The minimum absolute atomic E-state index is 0.217. The van der Waals surface area contributed by atoms with Gasteiger partial charge in [-0.2, -0.15) is 0 Å². The summed E-state index contributed by atoms with van der Waals surface area (Å²) in [6.45, 7) is 6.33. The smallest absolute Gasteiger partial charge is 0.232 e. The Bertz CT molecular complexity index is 584. The maximum absolute atomic E-state index is 10.8. The molecule has 0 unspecified atom stereocenters. The van der Waals surface area contributed by atoms with Crippen molar-refractivity contribution in [3.8, 4) is 11.5 Å². The Kier molecular flexibility index (Phi) is 4.40. The molecule has 0 radical (unpaired) electrons. The van der Waals surface area contributed by atoms with Crippen LogP contribution in [-0.2, 0) is 6.61 Å². The van der Waals surface area contributed by atoms with Gasteiger partial charge < -0.3 is 13.9 Å². The molecule has 0 aliphatic heterocycles. The topological polar surface area (TPSA) is 61.6 Å². The van der Waals surface area contributed by atoms with Crippen molar-refractivity contribution in [2.75, 3.05) is 6.61 Å². The van der Waals surface area contributed by atoms with Crippen molar-refractivity contribution < 1.29 is 18.7 Å². The average Bonchev–Trinajstić information content (AvgIpc) is 2.76. The summed E-state index contributed by atoms with van der Waals surface area (Å²) in [6.07, 6.45) is 0.771. The standard InChI is InChI=1S/C15H17NO4/c1-4-18-14-7-12(8-17)5-6-13(14)19-9-15-16-10(2)11(3)20-15/h5-8H,4,9H2,1-3H3. The van der Waals surface area contributed by atoms with Crippen LogP contribution < -0.4 is 9.47 Å². The van der Waals surface area contributed by atoms with Gasteiger partial charge in [0.25, 0.3) is 0 Å². The third-order valence-corrected chi connectivity index (χ3v) is 2.83. The molecule has 0 aliphatic rings. The molecule has 0 saturated carbocycles. The first-order valence-electron chi connectivity index (χ1n) is 6.41. The van der Waals surface area contributed by atoms with E-state index in [-0.39, 0.29) is 6.61 Å². The van der Waals surface area contributed by atoms with Crippen molar-refractivity contribution in [1.82, 2.24) is 4.98 Å². The summed E-state index contributed by atoms with van der Waals surface area (Å²) in [5.74, 6) is 2.40. The maximum atomic E-state index is 10.8. The summed E-state index contributed by atoms with van der Waals surface area (Å²) in [7, 11) is 0. The van der Waals surface area contributed by atoms with E-state index in [1.807, 2.05) is 20.8 Å². The molecule has 0 atom stereocenters. The van der Waals surface area contributed by atoms with Crippen molar-refractivity contribution >= 4 is 6.29 Å². The van der Waals surface area contributed by atoms with Crippen LogP contribution in [0.4, 0.5) is 0 Å². The lowest BCUT2D eigenvalue weighted by atomic mass is 10.2. The number of aromatic nitrogens is 1. The van der Waals surface area contributed by atoms with Gasteiger partial charge >= 0.3 is 0 Å². The number of hydrogen-bond donors (Lipinski definition) is 0. The molecule has 1 aromatic carbocycles. The highest BCUT2D eigenvalue weighted by atomic mass is 16.5. The number of aryl methyl sites for hydroxylation is 2. The van der Waals surface area contributed by atoms with E-state index in [2.05, 4.69) is 4.98 Å². The van der Waals surface area contributed by atoms with Crippen molar-refractivity contribution in [1.29, 1.82) is 0 Å². The van der Waals surface area contributed by atoms with E-state index in [9.17, 15) is 4.79 Å². The fourth-order valence-corrected chi connectivity index (χ4v) is 1.73. The Morgan fingerprint density at radius 1 is 1.25 bits per heavy atom. The molecule has 0 amide bonds. The minimum atomic E-state index is 0.217. The van der Waals surface area contributed by atoms with E-state index in [1.165, 1.54) is 0 Å². The van der Waals surface area contributed by atoms with Gasteiger partial charge in [-0.1, -0.05) is 0 Å². The van der Waals surface area contributed by atoms with Crippen LogP contribution in [0.1, 0.15) is 34.6 Å². The molecular formula is C15H17NO4. The number of aldehydes is 1. The lowest BCUT2D eigenvalue weighted by Gasteiger charge is -2.11. The lowest BCUT2D eigenvalue weighted by Crippen LogP contribution is -2.00. The van der Waals surface area contributed by atoms with Crippen LogP contribution >= 0.6 is 0 Å². The van der Waals surface area contributed by atoms with Gasteiger partial charge in [0.2, 0.25) is 5.89 Å². The van der Waals surface area contributed by atoms with Crippen LogP contribution in [0.3, 0.4) is 0 Å². The van der Waals surface area contributed by atoms with Crippen molar-refractivity contribution in [3.05, 3.63) is 41.1 Å². The number of carbonyl (C=O) groups excluding carboxylic acids is 1. The Morgan fingerprint density at radius 3 is 2.65 bits per heavy atom. The van der Waals surface area contributed by atoms with Gasteiger partial charge in [0.15, 0.2) is 18.1 Å². The molecule has 0 spiro atoms. The number of rotatable bonds is 6. The quantitative estimate of drug-likeness (QED) is 0.758. The predicted molar refractivity (Wildman–Crippen MR) is 73.3 cm³/mol. The Balaban J connectivity index is 2.13. The number of benzene rings is 1. The number of ether oxygens (including phenoxy) is 2. The van der Waals surface area contributed by atoms with E-state index in [0.29, 0.717) is 29.6 Å². The molecule has 0 N–H and O–H groups in total. The van der Waals surface area contributed by atoms with Crippen LogP contribution in [0, 0.1) is 13.8 Å². The summed E-state index contributed by atoms with van der Waals surface area (Å²) in [6, 6.07) is 5.03. The highest BCUT2D eigenvalue weighted by Gasteiger charge is 2.10. The van der Waals surface area contributed by atoms with E-state index < -0.39 is 0 Å². The summed E-state index contributed by atoms with van der Waals surface area (Å²) in [5.41, 5.74) is 1.40. The van der Waals surface area contributed by atoms with Gasteiger partial charge in [-0.25, -0.2) is 4.98 Å². The predicted octanol–water partition coefficient (Wildman–Crippen LogP) is 3.08. The first-order chi connectivity index (χ1) is 9.63. The monoisotopic (exact) mass is 275 g/mol. The molecule has 0 saturated heterocycles. The summed E-state index contributed by atoms with van der Waals surface area (Å²) < 4.78 is 16.6. The molecule has 2 rings (SSSR count). The van der Waals surface area contributed by atoms with Gasteiger partial charge in [0, 0.05) is 5.56 Å². The molecule has 5 heteroatoms. The molecular weight excluding hydrogens is 258 g/mol. The minimum Gasteiger partial charge on any atom is -0.490 e. The van der Waals surface area contributed by atoms with Crippen LogP contribution in [0.15, 0.2) is 22.6 Å². The van der Waals surface area contributed by atoms with Crippen LogP contribution in [0.5, 0.6) is 11.5 Å². The van der Waals surface area contributed by atoms with E-state index in [0.717, 1.165) is 17.7 Å². The Labute approximate surface area is 117 Å². The molecule has 20 heavy (non-hydrogen) atoms. The molecule has 1 heterocycles. The largest absolute Gasteiger partial charge is 0.490 e. The van der Waals surface area contributed by atoms with Crippen molar-refractivity contribution in [2.45, 2.75) is 27.4 Å². The molecule has 0 fully saturated rings. The Hall–Kier alpha value is -2.30. The zero-order chi connectivity index (χ0) is 14.5. The zero-order valence-corrected chi connectivity index (χ0v) is 11.8. The number of carbonyl (C=O) groups is 1. The van der Waals surface area contributed by atoms with Crippen molar-refractivity contribution in [2.24, 2.45) is 0 Å². The fraction of sp³-hybridized carbons (Fsp3) is 0.333. The average molecular weight is 275 g/mol. The molecule has 1 aromatic heterocycles. The van der Waals surface area contributed by atoms with E-state index in [4.69, 9.17) is 13.9 Å². The first kappa shape index (κ1) is 14.1. The normalized spacial score (nSPS) is 10.3. The molecule has 0 aliphatic carbocycles. The molecule has 2 aromatic rings. The molecule has 0 bridgehead atoms. The van der Waals surface area contributed by atoms with Gasteiger partial charge in [-0.05, 0) is 39.0 Å². The van der Waals surface area contributed by atoms with Gasteiger partial charge in [0.05, 0.1) is 12.3 Å². The zero-order valence-electron chi connectivity index (χ0n) is 11.8. The SMILES string of the molecule is CCOc1cc(C=O)ccc1OCc1nc(C)c(C)o1. The maximum Gasteiger partial charge on any atom is 0.232 e. The molecule has 106 valence electrons. The molecule has 5 nitrogen and oxygen atoms in total. The van der Waals surface area contributed by atoms with E-state index >= 15 is 0 Å². The number of hydrogen-bond acceptors (Lipinski definition) is 5. The van der Waals surface area contributed by atoms with Crippen LogP contribution in [-0.4, -0.2) is 17.9 Å². The fourth-order valence-electron chi connectivity index (χ4n) is 1.73. The van der Waals surface area contributed by atoms with Gasteiger partial charge in [-0.15, -0.1) is 0 Å². The third-order valence-electron chi connectivity index (χ3n) is 2.83. The number of oxazole rings is 1. The van der Waals surface area contributed by atoms with Crippen molar-refractivity contribution in [3.63, 3.8) is 0 Å². The second kappa shape index (κ2) is 6.23. The third kappa shape index (κ3) is 3.17. The first-order valence-corrected chi connectivity index (χ1v) is 6.41. The number of nitrogens with zero attached hydrogens (tertiary/aromatic N) is 1. The van der Waals surface area contributed by atoms with Crippen LogP contribution in [0.2, 0.25) is 0 Å². The second-order valence-electron chi connectivity index (χ2n) is 4.29. The summed E-state index contributed by atoms with van der Waals surface area (Å²) in [5, 5.41) is 0. The summed E-state index contributed by atoms with van der Waals surface area (Å²) >= 11 is 0.